The number of hydrogen-bond donors (Lipinski definition) is 2. The zero-order valence-corrected chi connectivity index (χ0v) is 18.2. The van der Waals surface area contributed by atoms with Gasteiger partial charge in [-0.15, -0.1) is 0 Å². The van der Waals surface area contributed by atoms with E-state index in [2.05, 4.69) is 12.2 Å². The molecule has 7 heteroatoms. The SMILES string of the molecule is CC.CC1C2CC(OC(=O)N[C@H](C(=O)N3CCC[C@H]3C(N)=O)C(C)(C)C)CC12.[HH].[HH]. The van der Waals surface area contributed by atoms with Gasteiger partial charge in [0.2, 0.25) is 11.8 Å². The number of nitrogens with zero attached hydrogens (tertiary/aromatic N) is 1. The zero-order chi connectivity index (χ0) is 21.2. The van der Waals surface area contributed by atoms with Gasteiger partial charge in [-0.05, 0) is 48.9 Å². The molecular weight excluding hydrogens is 358 g/mol. The van der Waals surface area contributed by atoms with Gasteiger partial charge in [0.1, 0.15) is 18.2 Å². The number of nitrogens with one attached hydrogen (secondary N) is 1. The van der Waals surface area contributed by atoms with Gasteiger partial charge >= 0.3 is 6.09 Å². The molecule has 1 aliphatic heterocycles. The number of nitrogens with two attached hydrogens (primary N) is 1. The highest BCUT2D eigenvalue weighted by Gasteiger charge is 2.54. The normalized spacial score (nSPS) is 31.9. The number of carbonyl (C=O) groups excluding carboxylic acids is 3. The van der Waals surface area contributed by atoms with Crippen LogP contribution in [0.15, 0.2) is 0 Å². The van der Waals surface area contributed by atoms with Crippen molar-refractivity contribution in [3.8, 4) is 0 Å². The van der Waals surface area contributed by atoms with Gasteiger partial charge in [-0.2, -0.15) is 0 Å². The van der Waals surface area contributed by atoms with Crippen LogP contribution in [0.2, 0.25) is 0 Å². The molecule has 4 atom stereocenters. The summed E-state index contributed by atoms with van der Waals surface area (Å²) in [5.41, 5.74) is 4.92. The van der Waals surface area contributed by atoms with Crippen LogP contribution in [0.3, 0.4) is 0 Å². The molecule has 2 aliphatic carbocycles. The van der Waals surface area contributed by atoms with E-state index in [4.69, 9.17) is 10.5 Å². The number of fused-ring (bicyclic) bond motifs is 1. The van der Waals surface area contributed by atoms with Crippen molar-refractivity contribution in [3.05, 3.63) is 0 Å². The Labute approximate surface area is 171 Å². The van der Waals surface area contributed by atoms with Gasteiger partial charge in [-0.25, -0.2) is 4.79 Å². The highest BCUT2D eigenvalue weighted by atomic mass is 16.6. The van der Waals surface area contributed by atoms with Crippen molar-refractivity contribution in [2.24, 2.45) is 28.9 Å². The number of rotatable bonds is 4. The average molecular weight is 400 g/mol. The molecule has 3 aliphatic rings. The summed E-state index contributed by atoms with van der Waals surface area (Å²) in [4.78, 5) is 38.6. The Kier molecular flexibility index (Phi) is 6.99. The maximum Gasteiger partial charge on any atom is 0.408 e. The smallest absolute Gasteiger partial charge is 0.408 e. The molecule has 3 N–H and O–H groups in total. The Morgan fingerprint density at radius 1 is 1.18 bits per heavy atom. The maximum absolute atomic E-state index is 13.0. The van der Waals surface area contributed by atoms with Crippen molar-refractivity contribution in [3.63, 3.8) is 0 Å². The number of primary amides is 1. The van der Waals surface area contributed by atoms with Crippen LogP contribution < -0.4 is 11.1 Å². The number of carbonyl (C=O) groups is 3. The van der Waals surface area contributed by atoms with Crippen LogP contribution in [0.1, 0.15) is 70.1 Å². The van der Waals surface area contributed by atoms with Crippen LogP contribution in [0.25, 0.3) is 0 Å². The highest BCUT2D eigenvalue weighted by molar-refractivity contribution is 5.91. The maximum atomic E-state index is 13.0. The summed E-state index contributed by atoms with van der Waals surface area (Å²) in [7, 11) is 0. The van der Waals surface area contributed by atoms with Crippen molar-refractivity contribution in [2.75, 3.05) is 6.54 Å². The first-order valence-electron chi connectivity index (χ1n) is 10.7. The third kappa shape index (κ3) is 4.78. The third-order valence-corrected chi connectivity index (χ3v) is 6.34. The highest BCUT2D eigenvalue weighted by Crippen LogP contribution is 2.57. The summed E-state index contributed by atoms with van der Waals surface area (Å²) in [6.45, 7) is 12.4. The number of likely N-dealkylation sites (tertiary alicyclic amines) is 1. The standard InChI is InChI=1S/C19H31N3O4.C2H6.2H2/c1-10-12-8-11(9-13(10)12)26-18(25)21-15(19(2,3)4)17(24)22-7-5-6-14(22)16(20)23;1-2;;/h10-15H,5-9H2,1-4H3,(H2,20,23)(H,21,25);1-2H3;2*1H/t10?,11?,12?,13?,14-,15+;;;/m0.../s1. The fraction of sp³-hybridized carbons (Fsp3) is 0.857. The third-order valence-electron chi connectivity index (χ3n) is 6.34. The molecule has 0 spiro atoms. The largest absolute Gasteiger partial charge is 0.446 e. The van der Waals surface area contributed by atoms with Gasteiger partial charge in [0, 0.05) is 9.40 Å². The van der Waals surface area contributed by atoms with E-state index in [0.29, 0.717) is 24.8 Å². The Bertz CT molecular complexity index is 600. The Morgan fingerprint density at radius 3 is 2.25 bits per heavy atom. The number of amides is 3. The van der Waals surface area contributed by atoms with Gasteiger partial charge in [0.15, 0.2) is 0 Å². The van der Waals surface area contributed by atoms with Crippen LogP contribution >= 0.6 is 0 Å². The van der Waals surface area contributed by atoms with Crippen LogP contribution in [0, 0.1) is 23.2 Å². The lowest BCUT2D eigenvalue weighted by molar-refractivity contribution is -0.141. The van der Waals surface area contributed by atoms with Crippen molar-refractivity contribution in [1.82, 2.24) is 10.2 Å². The average Bonchev–Trinajstić information content (AvgIpc) is 3.06. The van der Waals surface area contributed by atoms with Gasteiger partial charge in [0.05, 0.1) is 0 Å². The van der Waals surface area contributed by atoms with Crippen molar-refractivity contribution < 1.29 is 22.0 Å². The van der Waals surface area contributed by atoms with E-state index in [1.807, 2.05) is 34.6 Å². The van der Waals surface area contributed by atoms with Crippen LogP contribution in [-0.2, 0) is 14.3 Å². The quantitative estimate of drug-likeness (QED) is 0.758. The second-order valence-corrected chi connectivity index (χ2v) is 9.22. The predicted molar refractivity (Wildman–Crippen MR) is 112 cm³/mol. The van der Waals surface area contributed by atoms with Crippen molar-refractivity contribution in [2.45, 2.75) is 85.4 Å². The summed E-state index contributed by atoms with van der Waals surface area (Å²) in [6, 6.07) is -1.35. The molecule has 0 aromatic carbocycles. The Morgan fingerprint density at radius 2 is 1.75 bits per heavy atom. The Balaban J connectivity index is 0.00000204. The monoisotopic (exact) mass is 399 g/mol. The fourth-order valence-electron chi connectivity index (χ4n) is 4.66. The molecule has 2 saturated carbocycles. The van der Waals surface area contributed by atoms with Gasteiger partial charge in [-0.3, -0.25) is 9.59 Å². The van der Waals surface area contributed by atoms with Crippen LogP contribution in [-0.4, -0.2) is 47.5 Å². The van der Waals surface area contributed by atoms with Crippen molar-refractivity contribution >= 4 is 17.9 Å². The molecule has 164 valence electrons. The molecule has 0 aromatic heterocycles. The molecule has 2 unspecified atom stereocenters. The minimum atomic E-state index is -0.759. The lowest BCUT2D eigenvalue weighted by Crippen LogP contribution is -2.57. The summed E-state index contributed by atoms with van der Waals surface area (Å²) < 4.78 is 5.56. The van der Waals surface area contributed by atoms with E-state index in [1.54, 1.807) is 0 Å². The van der Waals surface area contributed by atoms with E-state index in [9.17, 15) is 14.4 Å². The first-order chi connectivity index (χ1) is 13.1. The molecule has 3 amide bonds. The molecule has 28 heavy (non-hydrogen) atoms. The van der Waals surface area contributed by atoms with Gasteiger partial charge in [-0.1, -0.05) is 41.5 Å². The molecule has 1 saturated heterocycles. The molecule has 3 fully saturated rings. The lowest BCUT2D eigenvalue weighted by Gasteiger charge is -2.35. The second-order valence-electron chi connectivity index (χ2n) is 9.22. The molecule has 0 aromatic rings. The lowest BCUT2D eigenvalue weighted by atomic mass is 9.85. The fourth-order valence-corrected chi connectivity index (χ4v) is 4.66. The van der Waals surface area contributed by atoms with E-state index in [1.165, 1.54) is 4.90 Å². The van der Waals surface area contributed by atoms with Crippen LogP contribution in [0.5, 0.6) is 0 Å². The van der Waals surface area contributed by atoms with E-state index >= 15 is 0 Å². The molecular formula is C21H41N3O4. The predicted octanol–water partition coefficient (Wildman–Crippen LogP) is 3.17. The minimum Gasteiger partial charge on any atom is -0.446 e. The van der Waals surface area contributed by atoms with Gasteiger partial charge < -0.3 is 20.7 Å². The molecule has 1 heterocycles. The molecule has 7 nitrogen and oxygen atoms in total. The first-order valence-corrected chi connectivity index (χ1v) is 10.7. The Hall–Kier alpha value is -1.79. The summed E-state index contributed by atoms with van der Waals surface area (Å²) in [5, 5.41) is 2.76. The van der Waals surface area contributed by atoms with Crippen molar-refractivity contribution in [1.29, 1.82) is 0 Å². The zero-order valence-electron chi connectivity index (χ0n) is 18.2. The number of ether oxygens (including phenoxy) is 1. The molecule has 0 bridgehead atoms. The topological polar surface area (TPSA) is 102 Å². The minimum absolute atomic E-state index is 0. The first kappa shape index (κ1) is 22.5. The van der Waals surface area contributed by atoms with Crippen LogP contribution in [0.4, 0.5) is 4.79 Å². The van der Waals surface area contributed by atoms with Gasteiger partial charge in [0.25, 0.3) is 0 Å². The number of hydrogen-bond acceptors (Lipinski definition) is 4. The van der Waals surface area contributed by atoms with E-state index < -0.39 is 29.5 Å². The second kappa shape index (κ2) is 8.70. The molecule has 0 radical (unpaired) electrons. The summed E-state index contributed by atoms with van der Waals surface area (Å²) in [6.07, 6.45) is 2.55. The van der Waals surface area contributed by atoms with E-state index in [0.717, 1.165) is 25.2 Å². The number of alkyl carbamates (subject to hydrolysis) is 1. The summed E-state index contributed by atoms with van der Waals surface area (Å²) in [5.74, 6) is 1.37. The molecule has 3 rings (SSSR count). The van der Waals surface area contributed by atoms with E-state index in [-0.39, 0.29) is 14.9 Å². The summed E-state index contributed by atoms with van der Waals surface area (Å²) >= 11 is 0.